The molecule has 0 aromatic carbocycles. The Kier molecular flexibility index (Phi) is 15.6. The summed E-state index contributed by atoms with van der Waals surface area (Å²) in [5.74, 6) is -2.14. The highest BCUT2D eigenvalue weighted by Crippen LogP contribution is 2.27. The monoisotopic (exact) mass is 616 g/mol. The fourth-order valence-corrected chi connectivity index (χ4v) is 5.65. The molecule has 1 aliphatic rings. The maximum atomic E-state index is 11.5. The van der Waals surface area contributed by atoms with E-state index in [4.69, 9.17) is 9.47 Å². The minimum absolute atomic E-state index is 0.00832. The number of hydrogen-bond acceptors (Lipinski definition) is 10. The zero-order chi connectivity index (χ0) is 31.7. The van der Waals surface area contributed by atoms with E-state index in [9.17, 15) is 30.0 Å². The predicted octanol–water partition coefficient (Wildman–Crippen LogP) is 3.24. The number of ether oxygens (including phenoxy) is 2. The Morgan fingerprint density at radius 2 is 1.48 bits per heavy atom. The van der Waals surface area contributed by atoms with Crippen LogP contribution in [0.4, 0.5) is 0 Å². The van der Waals surface area contributed by atoms with Crippen molar-refractivity contribution in [2.45, 2.75) is 76.7 Å². The largest absolute Gasteiger partial charge is 0.477 e. The van der Waals surface area contributed by atoms with Crippen molar-refractivity contribution in [1.29, 1.82) is 0 Å². The average Bonchev–Trinajstić information content (AvgIpc) is 3.02. The first-order valence-corrected chi connectivity index (χ1v) is 15.7. The molecule has 3 rings (SSSR count). The summed E-state index contributed by atoms with van der Waals surface area (Å²) in [5, 5.41) is 38.1. The molecular formula is C32H48N4O8. The highest BCUT2D eigenvalue weighted by molar-refractivity contribution is 5.85. The second kappa shape index (κ2) is 19.4. The van der Waals surface area contributed by atoms with Crippen LogP contribution in [0.1, 0.15) is 90.3 Å². The van der Waals surface area contributed by atoms with Crippen LogP contribution in [0.3, 0.4) is 0 Å². The normalized spacial score (nSPS) is 17.7. The third-order valence-electron chi connectivity index (χ3n) is 7.91. The zero-order valence-corrected chi connectivity index (χ0v) is 25.7. The molecule has 0 bridgehead atoms. The van der Waals surface area contributed by atoms with E-state index >= 15 is 0 Å². The second-order valence-corrected chi connectivity index (χ2v) is 11.1. The van der Waals surface area contributed by atoms with Crippen molar-refractivity contribution in [3.05, 3.63) is 59.2 Å². The molecule has 3 atom stereocenters. The molecule has 44 heavy (non-hydrogen) atoms. The fraction of sp³-hybridized carbons (Fsp3) is 0.625. The van der Waals surface area contributed by atoms with Gasteiger partial charge in [-0.15, -0.1) is 0 Å². The Morgan fingerprint density at radius 1 is 0.864 bits per heavy atom. The van der Waals surface area contributed by atoms with Crippen molar-refractivity contribution in [3.8, 4) is 0 Å². The van der Waals surface area contributed by atoms with E-state index in [0.717, 1.165) is 44.9 Å². The van der Waals surface area contributed by atoms with Gasteiger partial charge >= 0.3 is 11.9 Å². The molecule has 1 fully saturated rings. The minimum atomic E-state index is -1.08. The first-order valence-electron chi connectivity index (χ1n) is 15.7. The first-order chi connectivity index (χ1) is 21.4. The average molecular weight is 617 g/mol. The van der Waals surface area contributed by atoms with E-state index in [2.05, 4.69) is 21.8 Å². The van der Waals surface area contributed by atoms with Gasteiger partial charge in [0.25, 0.3) is 0 Å². The summed E-state index contributed by atoms with van der Waals surface area (Å²) in [6.07, 6.45) is 6.47. The van der Waals surface area contributed by atoms with Gasteiger partial charge in [0.05, 0.1) is 56.1 Å². The molecule has 0 saturated heterocycles. The van der Waals surface area contributed by atoms with Crippen LogP contribution in [0, 0.1) is 0 Å². The van der Waals surface area contributed by atoms with Crippen LogP contribution in [0.2, 0.25) is 0 Å². The van der Waals surface area contributed by atoms with Crippen molar-refractivity contribution in [3.63, 3.8) is 0 Å². The second-order valence-electron chi connectivity index (χ2n) is 11.1. The number of aliphatic hydroxyl groups is 2. The van der Waals surface area contributed by atoms with E-state index in [1.807, 2.05) is 11.0 Å². The molecule has 1 aliphatic carbocycles. The summed E-state index contributed by atoms with van der Waals surface area (Å²) in [4.78, 5) is 35.5. The number of aromatic nitrogens is 2. The van der Waals surface area contributed by atoms with Crippen LogP contribution in [-0.2, 0) is 16.0 Å². The van der Waals surface area contributed by atoms with E-state index in [1.165, 1.54) is 12.1 Å². The summed E-state index contributed by atoms with van der Waals surface area (Å²) in [6, 6.07) is 9.82. The molecule has 2 aromatic rings. The molecule has 2 aromatic heterocycles. The quantitative estimate of drug-likeness (QED) is 0.162. The molecule has 12 nitrogen and oxygen atoms in total. The number of aliphatic hydroxyl groups excluding tert-OH is 2. The lowest BCUT2D eigenvalue weighted by atomic mass is 9.94. The summed E-state index contributed by atoms with van der Waals surface area (Å²) < 4.78 is 12.7. The number of carboxylic acids is 2. The number of hydrogen-bond donors (Lipinski definition) is 4. The van der Waals surface area contributed by atoms with Crippen LogP contribution in [0.15, 0.2) is 36.4 Å². The number of nitrogens with zero attached hydrogens (tertiary/aromatic N) is 4. The third-order valence-corrected chi connectivity index (χ3v) is 7.91. The van der Waals surface area contributed by atoms with Crippen LogP contribution >= 0.6 is 0 Å². The molecule has 0 amide bonds. The molecule has 0 spiro atoms. The number of rotatable bonds is 21. The Hall–Kier alpha value is -3.00. The standard InChI is InChI=1S/C32H48N4O8/c1-2-3-12-28(25-9-7-11-27(34-25)32(41)42)36(16-20-38)18-22-44-30-14-5-4-13-29(30)43-21-17-35(15-19-37)23-24-8-6-10-26(33-24)31(39)40/h6-11,28-30,37-38H,2-5,12-23H2,1H3,(H,39,40)(H,41,42)/t28?,29-,30+/m1/s1. The third kappa shape index (κ3) is 11.5. The van der Waals surface area contributed by atoms with Gasteiger partial charge in [-0.3, -0.25) is 9.80 Å². The van der Waals surface area contributed by atoms with Gasteiger partial charge in [0.15, 0.2) is 0 Å². The van der Waals surface area contributed by atoms with Crippen molar-refractivity contribution in [1.82, 2.24) is 19.8 Å². The van der Waals surface area contributed by atoms with Crippen molar-refractivity contribution in [2.75, 3.05) is 52.6 Å². The maximum absolute atomic E-state index is 11.5. The predicted molar refractivity (Wildman–Crippen MR) is 164 cm³/mol. The summed E-state index contributed by atoms with van der Waals surface area (Å²) in [6.45, 7) is 5.27. The minimum Gasteiger partial charge on any atom is -0.477 e. The van der Waals surface area contributed by atoms with E-state index in [-0.39, 0.29) is 42.9 Å². The zero-order valence-electron chi connectivity index (χ0n) is 25.7. The Labute approximate surface area is 259 Å². The summed E-state index contributed by atoms with van der Waals surface area (Å²) in [5.41, 5.74) is 1.30. The Balaban J connectivity index is 1.57. The van der Waals surface area contributed by atoms with Crippen molar-refractivity contribution in [2.24, 2.45) is 0 Å². The topological polar surface area (TPSA) is 166 Å². The van der Waals surface area contributed by atoms with Crippen LogP contribution in [-0.4, -0.2) is 117 Å². The molecular weight excluding hydrogens is 568 g/mol. The van der Waals surface area contributed by atoms with E-state index in [1.54, 1.807) is 18.2 Å². The molecule has 12 heteroatoms. The van der Waals surface area contributed by atoms with Gasteiger partial charge in [-0.25, -0.2) is 19.6 Å². The molecule has 4 N–H and O–H groups in total. The van der Waals surface area contributed by atoms with E-state index < -0.39 is 11.9 Å². The highest BCUT2D eigenvalue weighted by atomic mass is 16.5. The van der Waals surface area contributed by atoms with Crippen LogP contribution < -0.4 is 0 Å². The van der Waals surface area contributed by atoms with Gasteiger partial charge in [0.1, 0.15) is 11.4 Å². The van der Waals surface area contributed by atoms with Gasteiger partial charge in [-0.1, -0.05) is 44.7 Å². The molecule has 244 valence electrons. The van der Waals surface area contributed by atoms with E-state index in [0.29, 0.717) is 57.3 Å². The maximum Gasteiger partial charge on any atom is 0.354 e. The van der Waals surface area contributed by atoms with Gasteiger partial charge in [0.2, 0.25) is 0 Å². The number of aromatic carboxylic acids is 2. The summed E-state index contributed by atoms with van der Waals surface area (Å²) in [7, 11) is 0. The Morgan fingerprint density at radius 3 is 2.09 bits per heavy atom. The van der Waals surface area contributed by atoms with Crippen LogP contribution in [0.25, 0.3) is 0 Å². The first kappa shape index (κ1) is 35.5. The van der Waals surface area contributed by atoms with Crippen LogP contribution in [0.5, 0.6) is 0 Å². The lowest BCUT2D eigenvalue weighted by Gasteiger charge is -2.34. The molecule has 2 heterocycles. The smallest absolute Gasteiger partial charge is 0.354 e. The number of unbranched alkanes of at least 4 members (excludes halogenated alkanes) is 1. The van der Waals surface area contributed by atoms with Gasteiger partial charge in [0, 0.05) is 32.7 Å². The number of carbonyl (C=O) groups is 2. The highest BCUT2D eigenvalue weighted by Gasteiger charge is 2.28. The van der Waals surface area contributed by atoms with Crippen molar-refractivity contribution < 1.29 is 39.5 Å². The SMILES string of the molecule is CCCCC(c1cccc(C(=O)O)n1)N(CCO)CCO[C@H]1CCCC[C@H]1OCCN(CCO)Cc1cccc(C(=O)O)n1. The van der Waals surface area contributed by atoms with Gasteiger partial charge in [-0.2, -0.15) is 0 Å². The Bertz CT molecular complexity index is 1150. The van der Waals surface area contributed by atoms with Gasteiger partial charge < -0.3 is 29.9 Å². The number of carboxylic acid groups (broad SMARTS) is 2. The molecule has 1 saturated carbocycles. The fourth-order valence-electron chi connectivity index (χ4n) is 5.65. The lowest BCUT2D eigenvalue weighted by Crippen LogP contribution is -2.40. The molecule has 0 aliphatic heterocycles. The van der Waals surface area contributed by atoms with Gasteiger partial charge in [-0.05, 0) is 43.5 Å². The molecule has 1 unspecified atom stereocenters. The number of pyridine rings is 2. The van der Waals surface area contributed by atoms with Crippen molar-refractivity contribution >= 4 is 11.9 Å². The lowest BCUT2D eigenvalue weighted by molar-refractivity contribution is -0.0994. The molecule has 0 radical (unpaired) electrons. The summed E-state index contributed by atoms with van der Waals surface area (Å²) >= 11 is 0.